The molecule has 2 rings (SSSR count). The maximum absolute atomic E-state index is 12.4. The summed E-state index contributed by atoms with van der Waals surface area (Å²) in [7, 11) is 2.99. The zero-order valence-electron chi connectivity index (χ0n) is 13.3. The number of anilines is 1. The summed E-state index contributed by atoms with van der Waals surface area (Å²) >= 11 is 5.98. The topological polar surface area (TPSA) is 90.7 Å². The van der Waals surface area contributed by atoms with E-state index in [0.29, 0.717) is 17.2 Å². The van der Waals surface area contributed by atoms with E-state index in [0.717, 1.165) is 11.6 Å². The molecule has 0 heterocycles. The van der Waals surface area contributed by atoms with Crippen molar-refractivity contribution in [2.24, 2.45) is 0 Å². The number of halogens is 1. The number of non-ortho nitro benzene ring substituents is 1. The molecule has 0 atom stereocenters. The normalized spacial score (nSPS) is 10.2. The van der Waals surface area contributed by atoms with Gasteiger partial charge in [-0.15, -0.1) is 0 Å². The maximum atomic E-state index is 12.4. The molecule has 8 heteroatoms. The lowest BCUT2D eigenvalue weighted by atomic mass is 10.1. The molecule has 0 aromatic heterocycles. The van der Waals surface area contributed by atoms with Crippen LogP contribution in [-0.2, 0) is 0 Å². The van der Waals surface area contributed by atoms with E-state index in [4.69, 9.17) is 21.1 Å². The van der Waals surface area contributed by atoms with Gasteiger partial charge in [0.15, 0.2) is 11.5 Å². The number of nitrogens with one attached hydrogen (secondary N) is 1. The van der Waals surface area contributed by atoms with Crippen molar-refractivity contribution in [2.45, 2.75) is 6.92 Å². The van der Waals surface area contributed by atoms with Crippen LogP contribution in [0, 0.1) is 17.0 Å². The number of amides is 1. The molecule has 7 nitrogen and oxygen atoms in total. The lowest BCUT2D eigenvalue weighted by Crippen LogP contribution is -2.14. The largest absolute Gasteiger partial charge is 0.493 e. The van der Waals surface area contributed by atoms with Crippen LogP contribution in [0.5, 0.6) is 11.5 Å². The molecule has 2 aromatic carbocycles. The van der Waals surface area contributed by atoms with Gasteiger partial charge in [-0.25, -0.2) is 0 Å². The van der Waals surface area contributed by atoms with E-state index in [-0.39, 0.29) is 16.3 Å². The number of methoxy groups -OCH3 is 2. The third-order valence-corrected chi connectivity index (χ3v) is 3.71. The number of hydrogen-bond acceptors (Lipinski definition) is 5. The molecule has 0 aliphatic heterocycles. The Morgan fingerprint density at radius 1 is 1.17 bits per heavy atom. The first-order chi connectivity index (χ1) is 11.4. The predicted molar refractivity (Wildman–Crippen MR) is 90.3 cm³/mol. The number of carbonyl (C=O) groups excluding carboxylic acids is 1. The molecule has 2 aromatic rings. The van der Waals surface area contributed by atoms with Crippen molar-refractivity contribution in [3.8, 4) is 11.5 Å². The van der Waals surface area contributed by atoms with E-state index in [1.807, 2.05) is 0 Å². The van der Waals surface area contributed by atoms with E-state index < -0.39 is 10.8 Å². The Balaban J connectivity index is 2.36. The highest BCUT2D eigenvalue weighted by molar-refractivity contribution is 6.34. The molecule has 0 saturated carbocycles. The van der Waals surface area contributed by atoms with Gasteiger partial charge in [0.25, 0.3) is 11.6 Å². The fourth-order valence-corrected chi connectivity index (χ4v) is 2.31. The van der Waals surface area contributed by atoms with Crippen molar-refractivity contribution in [2.75, 3.05) is 19.5 Å². The molecule has 126 valence electrons. The minimum absolute atomic E-state index is 0.0139. The van der Waals surface area contributed by atoms with Crippen molar-refractivity contribution in [1.82, 2.24) is 0 Å². The summed E-state index contributed by atoms with van der Waals surface area (Å²) in [6.07, 6.45) is 0. The monoisotopic (exact) mass is 350 g/mol. The van der Waals surface area contributed by atoms with Gasteiger partial charge in [0.1, 0.15) is 0 Å². The second-order valence-electron chi connectivity index (χ2n) is 4.90. The third kappa shape index (κ3) is 3.57. The van der Waals surface area contributed by atoms with Crippen molar-refractivity contribution in [3.05, 3.63) is 56.6 Å². The molecule has 0 fully saturated rings. The molecule has 0 spiro atoms. The van der Waals surface area contributed by atoms with Crippen LogP contribution in [0.25, 0.3) is 0 Å². The van der Waals surface area contributed by atoms with E-state index in [1.54, 1.807) is 19.1 Å². The molecule has 1 N–H and O–H groups in total. The van der Waals surface area contributed by atoms with Crippen LogP contribution in [0.3, 0.4) is 0 Å². The van der Waals surface area contributed by atoms with E-state index >= 15 is 0 Å². The quantitative estimate of drug-likeness (QED) is 0.653. The Hall–Kier alpha value is -2.80. The highest BCUT2D eigenvalue weighted by Crippen LogP contribution is 2.33. The van der Waals surface area contributed by atoms with Crippen LogP contribution in [0.4, 0.5) is 11.4 Å². The van der Waals surface area contributed by atoms with Crippen molar-refractivity contribution < 1.29 is 19.2 Å². The van der Waals surface area contributed by atoms with Crippen LogP contribution in [0.1, 0.15) is 15.9 Å². The Morgan fingerprint density at radius 3 is 2.38 bits per heavy atom. The average Bonchev–Trinajstić information content (AvgIpc) is 2.56. The SMILES string of the molecule is COc1cc(C)c(NC(=O)c2cc([N+](=O)[O-])ccc2Cl)cc1OC. The van der Waals surface area contributed by atoms with Gasteiger partial charge in [-0.05, 0) is 24.6 Å². The number of nitro benzene ring substituents is 1. The van der Waals surface area contributed by atoms with Crippen LogP contribution < -0.4 is 14.8 Å². The van der Waals surface area contributed by atoms with E-state index in [1.165, 1.54) is 26.4 Å². The summed E-state index contributed by atoms with van der Waals surface area (Å²) in [6.45, 7) is 1.78. The van der Waals surface area contributed by atoms with Gasteiger partial charge in [0.2, 0.25) is 0 Å². The van der Waals surface area contributed by atoms with Crippen LogP contribution >= 0.6 is 11.6 Å². The summed E-state index contributed by atoms with van der Waals surface area (Å²) in [5, 5.41) is 13.7. The lowest BCUT2D eigenvalue weighted by Gasteiger charge is -2.14. The number of hydrogen-bond donors (Lipinski definition) is 1. The molecule has 0 aliphatic rings. The smallest absolute Gasteiger partial charge is 0.270 e. The summed E-state index contributed by atoms with van der Waals surface area (Å²) < 4.78 is 10.4. The molecule has 0 unspecified atom stereocenters. The Morgan fingerprint density at radius 2 is 1.79 bits per heavy atom. The number of nitro groups is 1. The standard InChI is InChI=1S/C16H15ClN2O5/c1-9-6-14(23-2)15(24-3)8-13(9)18-16(20)11-7-10(19(21)22)4-5-12(11)17/h4-8H,1-3H3,(H,18,20). The fourth-order valence-electron chi connectivity index (χ4n) is 2.11. The third-order valence-electron chi connectivity index (χ3n) is 3.38. The van der Waals surface area contributed by atoms with Gasteiger partial charge >= 0.3 is 0 Å². The highest BCUT2D eigenvalue weighted by Gasteiger charge is 2.17. The first-order valence-corrected chi connectivity index (χ1v) is 7.23. The van der Waals surface area contributed by atoms with Gasteiger partial charge in [0, 0.05) is 23.9 Å². The number of carbonyl (C=O) groups is 1. The molecule has 0 aliphatic carbocycles. The van der Waals surface area contributed by atoms with Crippen molar-refractivity contribution in [3.63, 3.8) is 0 Å². The van der Waals surface area contributed by atoms with Crippen LogP contribution in [0.15, 0.2) is 30.3 Å². The number of rotatable bonds is 5. The summed E-state index contributed by atoms with van der Waals surface area (Å²) in [4.78, 5) is 22.7. The Bertz CT molecular complexity index is 807. The highest BCUT2D eigenvalue weighted by atomic mass is 35.5. The van der Waals surface area contributed by atoms with Gasteiger partial charge in [-0.1, -0.05) is 11.6 Å². The molecular formula is C16H15ClN2O5. The van der Waals surface area contributed by atoms with Crippen molar-refractivity contribution >= 4 is 28.9 Å². The van der Waals surface area contributed by atoms with Crippen LogP contribution in [-0.4, -0.2) is 25.1 Å². The van der Waals surface area contributed by atoms with Gasteiger partial charge in [-0.3, -0.25) is 14.9 Å². The summed E-state index contributed by atoms with van der Waals surface area (Å²) in [5.74, 6) is 0.420. The minimum Gasteiger partial charge on any atom is -0.493 e. The van der Waals surface area contributed by atoms with E-state index in [9.17, 15) is 14.9 Å². The number of benzene rings is 2. The number of nitrogens with zero attached hydrogens (tertiary/aromatic N) is 1. The molecular weight excluding hydrogens is 336 g/mol. The predicted octanol–water partition coefficient (Wildman–Crippen LogP) is 3.83. The van der Waals surface area contributed by atoms with Crippen LogP contribution in [0.2, 0.25) is 5.02 Å². The number of aryl methyl sites for hydroxylation is 1. The first-order valence-electron chi connectivity index (χ1n) is 6.85. The summed E-state index contributed by atoms with van der Waals surface area (Å²) in [6, 6.07) is 7.01. The maximum Gasteiger partial charge on any atom is 0.270 e. The Kier molecular flexibility index (Phi) is 5.25. The first kappa shape index (κ1) is 17.6. The Labute approximate surface area is 143 Å². The molecule has 0 radical (unpaired) electrons. The molecule has 24 heavy (non-hydrogen) atoms. The zero-order chi connectivity index (χ0) is 17.9. The summed E-state index contributed by atoms with van der Waals surface area (Å²) in [5.41, 5.74) is 1.02. The second kappa shape index (κ2) is 7.18. The fraction of sp³-hybridized carbons (Fsp3) is 0.188. The van der Waals surface area contributed by atoms with Gasteiger partial charge in [0.05, 0.1) is 29.7 Å². The average molecular weight is 351 g/mol. The molecule has 0 bridgehead atoms. The second-order valence-corrected chi connectivity index (χ2v) is 5.30. The van der Waals surface area contributed by atoms with Gasteiger partial charge in [-0.2, -0.15) is 0 Å². The number of ether oxygens (including phenoxy) is 2. The minimum atomic E-state index is -0.589. The van der Waals surface area contributed by atoms with Gasteiger partial charge < -0.3 is 14.8 Å². The lowest BCUT2D eigenvalue weighted by molar-refractivity contribution is -0.384. The van der Waals surface area contributed by atoms with E-state index in [2.05, 4.69) is 5.32 Å². The zero-order valence-corrected chi connectivity index (χ0v) is 14.0. The molecule has 0 saturated heterocycles. The van der Waals surface area contributed by atoms with Crippen molar-refractivity contribution in [1.29, 1.82) is 0 Å². The molecule has 1 amide bonds.